The maximum Gasteiger partial charge on any atom is 0.450 e. The number of hydrogen-bond donors (Lipinski definition) is 0. The van der Waals surface area contributed by atoms with Gasteiger partial charge >= 0.3 is 12.2 Å². The molecule has 1 fully saturated rings. The molecule has 1 aliphatic carbocycles. The van der Waals surface area contributed by atoms with E-state index in [1.165, 1.54) is 17.1 Å². The van der Waals surface area contributed by atoms with Gasteiger partial charge in [-0.2, -0.15) is 13.2 Å². The summed E-state index contributed by atoms with van der Waals surface area (Å²) in [6.07, 6.45) is -1.63. The molecule has 1 saturated carbocycles. The average Bonchev–Trinajstić information content (AvgIpc) is 3.32. The van der Waals surface area contributed by atoms with E-state index in [4.69, 9.17) is 4.84 Å². The number of rotatable bonds is 5. The van der Waals surface area contributed by atoms with Crippen LogP contribution in [0, 0.1) is 0 Å². The highest BCUT2D eigenvalue weighted by Crippen LogP contribution is 2.33. The third-order valence-electron chi connectivity index (χ3n) is 4.31. The predicted octanol–water partition coefficient (Wildman–Crippen LogP) is 3.46. The number of amides is 2. The first-order chi connectivity index (χ1) is 12.3. The Balaban J connectivity index is 1.68. The third-order valence-corrected chi connectivity index (χ3v) is 4.31. The van der Waals surface area contributed by atoms with Gasteiger partial charge in [-0.3, -0.25) is 4.84 Å². The standard InChI is InChI=1S/C17H20F3N3O3/c1-21(25-2)16(24)23(14-7-8-14)9-12-3-5-13(6-4-12)22-10-15(26-11-22)17(18,19)20/h3-6,10,14H,7-9,11H2,1-2H3. The van der Waals surface area contributed by atoms with Crippen LogP contribution in [0.25, 0.3) is 0 Å². The zero-order valence-corrected chi connectivity index (χ0v) is 14.5. The fourth-order valence-corrected chi connectivity index (χ4v) is 2.65. The third kappa shape index (κ3) is 4.04. The van der Waals surface area contributed by atoms with Crippen LogP contribution in [0.2, 0.25) is 0 Å². The van der Waals surface area contributed by atoms with Gasteiger partial charge in [-0.1, -0.05) is 12.1 Å². The lowest BCUT2D eigenvalue weighted by molar-refractivity contribution is -0.126. The zero-order chi connectivity index (χ0) is 18.9. The van der Waals surface area contributed by atoms with E-state index in [1.807, 2.05) is 0 Å². The van der Waals surface area contributed by atoms with Gasteiger partial charge in [0.05, 0.1) is 13.3 Å². The predicted molar refractivity (Wildman–Crippen MR) is 87.7 cm³/mol. The molecule has 1 aliphatic heterocycles. The molecule has 0 saturated heterocycles. The second-order valence-corrected chi connectivity index (χ2v) is 6.22. The molecule has 142 valence electrons. The molecule has 0 atom stereocenters. The van der Waals surface area contributed by atoms with Gasteiger partial charge in [0.25, 0.3) is 0 Å². The van der Waals surface area contributed by atoms with Gasteiger partial charge in [0.15, 0.2) is 6.73 Å². The summed E-state index contributed by atoms with van der Waals surface area (Å²) in [5, 5.41) is 1.18. The van der Waals surface area contributed by atoms with Crippen LogP contribution in [0.1, 0.15) is 18.4 Å². The van der Waals surface area contributed by atoms with Crippen LogP contribution in [0.3, 0.4) is 0 Å². The number of hydroxylamine groups is 2. The van der Waals surface area contributed by atoms with E-state index in [9.17, 15) is 18.0 Å². The van der Waals surface area contributed by atoms with Gasteiger partial charge in [-0.05, 0) is 30.5 Å². The van der Waals surface area contributed by atoms with Crippen LogP contribution < -0.4 is 4.90 Å². The largest absolute Gasteiger partial charge is 0.466 e. The van der Waals surface area contributed by atoms with Crippen LogP contribution in [-0.2, 0) is 16.1 Å². The minimum absolute atomic E-state index is 0.181. The van der Waals surface area contributed by atoms with Gasteiger partial charge in [0, 0.05) is 25.3 Å². The lowest BCUT2D eigenvalue weighted by atomic mass is 10.2. The molecule has 2 aliphatic rings. The molecule has 6 nitrogen and oxygen atoms in total. The normalized spacial score (nSPS) is 17.0. The number of carbonyl (C=O) groups is 1. The van der Waals surface area contributed by atoms with Gasteiger partial charge in [-0.25, -0.2) is 9.86 Å². The van der Waals surface area contributed by atoms with Gasteiger partial charge < -0.3 is 14.5 Å². The van der Waals surface area contributed by atoms with Crippen molar-refractivity contribution in [3.05, 3.63) is 41.8 Å². The summed E-state index contributed by atoms with van der Waals surface area (Å²) < 4.78 is 42.6. The minimum atomic E-state index is -4.49. The summed E-state index contributed by atoms with van der Waals surface area (Å²) >= 11 is 0. The molecule has 3 rings (SSSR count). The van der Waals surface area contributed by atoms with Gasteiger partial charge in [-0.15, -0.1) is 0 Å². The molecule has 0 N–H and O–H groups in total. The van der Waals surface area contributed by atoms with Crippen LogP contribution in [-0.4, -0.2) is 49.1 Å². The maximum atomic E-state index is 12.6. The number of anilines is 1. The summed E-state index contributed by atoms with van der Waals surface area (Å²) in [5.41, 5.74) is 1.48. The van der Waals surface area contributed by atoms with Crippen molar-refractivity contribution in [1.82, 2.24) is 9.96 Å². The highest BCUT2D eigenvalue weighted by Gasteiger charge is 2.39. The minimum Gasteiger partial charge on any atom is -0.466 e. The summed E-state index contributed by atoms with van der Waals surface area (Å²) in [5.74, 6) is -1.00. The van der Waals surface area contributed by atoms with Crippen LogP contribution in [0.15, 0.2) is 36.2 Å². The molecule has 1 heterocycles. The Kier molecular flexibility index (Phi) is 4.99. The van der Waals surface area contributed by atoms with Crippen LogP contribution in [0.4, 0.5) is 23.7 Å². The molecule has 1 aromatic carbocycles. The number of benzene rings is 1. The lowest BCUT2D eigenvalue weighted by Crippen LogP contribution is -2.41. The lowest BCUT2D eigenvalue weighted by Gasteiger charge is -2.27. The number of carbonyl (C=O) groups excluding carboxylic acids is 1. The summed E-state index contributed by atoms with van der Waals surface area (Å²) in [6, 6.07) is 7.00. The average molecular weight is 371 g/mol. The Bertz CT molecular complexity index is 687. The maximum absolute atomic E-state index is 12.6. The van der Waals surface area contributed by atoms with E-state index >= 15 is 0 Å². The Morgan fingerprint density at radius 1 is 1.31 bits per heavy atom. The molecule has 0 radical (unpaired) electrons. The summed E-state index contributed by atoms with van der Waals surface area (Å²) in [7, 11) is 2.98. The van der Waals surface area contributed by atoms with E-state index in [0.29, 0.717) is 12.2 Å². The van der Waals surface area contributed by atoms with E-state index in [2.05, 4.69) is 4.74 Å². The first kappa shape index (κ1) is 18.4. The van der Waals surface area contributed by atoms with Crippen LogP contribution in [0.5, 0.6) is 0 Å². The first-order valence-electron chi connectivity index (χ1n) is 8.15. The van der Waals surface area contributed by atoms with Crippen molar-refractivity contribution in [3.8, 4) is 0 Å². The molecule has 0 bridgehead atoms. The van der Waals surface area contributed by atoms with Gasteiger partial charge in [0.2, 0.25) is 5.76 Å². The number of alkyl halides is 3. The highest BCUT2D eigenvalue weighted by molar-refractivity contribution is 5.73. The van der Waals surface area contributed by atoms with Crippen molar-refractivity contribution in [2.24, 2.45) is 0 Å². The van der Waals surface area contributed by atoms with Crippen molar-refractivity contribution >= 4 is 11.7 Å². The topological polar surface area (TPSA) is 45.2 Å². The molecule has 0 aromatic heterocycles. The summed E-state index contributed by atoms with van der Waals surface area (Å²) in [4.78, 5) is 20.4. The van der Waals surface area contributed by atoms with E-state index < -0.39 is 11.9 Å². The second-order valence-electron chi connectivity index (χ2n) is 6.22. The summed E-state index contributed by atoms with van der Waals surface area (Å²) in [6.45, 7) is 0.233. The van der Waals surface area contributed by atoms with Crippen molar-refractivity contribution < 1.29 is 27.5 Å². The first-order valence-corrected chi connectivity index (χ1v) is 8.15. The fraction of sp³-hybridized carbons (Fsp3) is 0.471. The van der Waals surface area contributed by atoms with Crippen molar-refractivity contribution in [1.29, 1.82) is 0 Å². The number of halogens is 3. The number of allylic oxidation sites excluding steroid dienone is 1. The number of ether oxygens (including phenoxy) is 1. The molecule has 2 amide bonds. The molecular formula is C17H20F3N3O3. The smallest absolute Gasteiger partial charge is 0.450 e. The van der Waals surface area contributed by atoms with E-state index in [1.54, 1.807) is 36.2 Å². The number of hydrogen-bond acceptors (Lipinski definition) is 4. The van der Waals surface area contributed by atoms with E-state index in [-0.39, 0.29) is 18.8 Å². The molecule has 1 aromatic rings. The molecule has 0 spiro atoms. The van der Waals surface area contributed by atoms with Crippen molar-refractivity contribution in [2.45, 2.75) is 31.6 Å². The van der Waals surface area contributed by atoms with Crippen LogP contribution >= 0.6 is 0 Å². The SMILES string of the molecule is CON(C)C(=O)N(Cc1ccc(N2C=C(C(F)(F)F)OC2)cc1)C1CC1. The molecule has 26 heavy (non-hydrogen) atoms. The van der Waals surface area contributed by atoms with E-state index in [0.717, 1.165) is 24.6 Å². The Labute approximate surface area is 149 Å². The van der Waals surface area contributed by atoms with Gasteiger partial charge in [0.1, 0.15) is 0 Å². The van der Waals surface area contributed by atoms with Crippen molar-refractivity contribution in [2.75, 3.05) is 25.8 Å². The second kappa shape index (κ2) is 7.06. The number of nitrogens with zero attached hydrogens (tertiary/aromatic N) is 3. The fourth-order valence-electron chi connectivity index (χ4n) is 2.65. The Morgan fingerprint density at radius 3 is 2.46 bits per heavy atom. The molecule has 9 heteroatoms. The monoisotopic (exact) mass is 371 g/mol. The Hall–Kier alpha value is -2.42. The quantitative estimate of drug-likeness (QED) is 0.744. The molecular weight excluding hydrogens is 351 g/mol. The van der Waals surface area contributed by atoms with Crippen molar-refractivity contribution in [3.63, 3.8) is 0 Å². The highest BCUT2D eigenvalue weighted by atomic mass is 19.4. The zero-order valence-electron chi connectivity index (χ0n) is 14.5. The Morgan fingerprint density at radius 2 is 1.96 bits per heavy atom. The molecule has 0 unspecified atom stereocenters. The number of urea groups is 1.